The molecule has 0 saturated carbocycles. The Morgan fingerprint density at radius 1 is 0.905 bits per heavy atom. The molecule has 0 amide bonds. The molecule has 3 rings (SSSR count). The number of pyridine rings is 1. The molecule has 0 fully saturated rings. The summed E-state index contributed by atoms with van der Waals surface area (Å²) in [5.74, 6) is 0. The summed E-state index contributed by atoms with van der Waals surface area (Å²) in [7, 11) is 2.04. The van der Waals surface area contributed by atoms with E-state index in [2.05, 4.69) is 45.0 Å². The van der Waals surface area contributed by atoms with Crippen molar-refractivity contribution in [1.29, 1.82) is 0 Å². The minimum Gasteiger partial charge on any atom is -0.284 e. The van der Waals surface area contributed by atoms with Crippen molar-refractivity contribution >= 4 is 17.8 Å². The van der Waals surface area contributed by atoms with Crippen molar-refractivity contribution in [3.8, 4) is 0 Å². The van der Waals surface area contributed by atoms with E-state index in [-0.39, 0.29) is 0 Å². The van der Waals surface area contributed by atoms with Crippen LogP contribution in [-0.4, -0.2) is 16.7 Å². The number of hydrogen-bond acceptors (Lipinski definition) is 2. The molecular formula is C18H17N3. The molecule has 1 aromatic carbocycles. The van der Waals surface area contributed by atoms with Crippen LogP contribution in [0.5, 0.6) is 0 Å². The van der Waals surface area contributed by atoms with Gasteiger partial charge >= 0.3 is 0 Å². The Bertz CT molecular complexity index is 714. The Kier molecular flexibility index (Phi) is 3.83. The Labute approximate surface area is 124 Å². The minimum absolute atomic E-state index is 1.09. The van der Waals surface area contributed by atoms with Gasteiger partial charge in [-0.25, -0.2) is 0 Å². The highest BCUT2D eigenvalue weighted by atomic mass is 15.5. The third-order valence-corrected chi connectivity index (χ3v) is 3.36. The topological polar surface area (TPSA) is 21.1 Å². The number of aromatic nitrogens is 2. The van der Waals surface area contributed by atoms with Gasteiger partial charge in [0.1, 0.15) is 0 Å². The molecule has 2 heterocycles. The first-order chi connectivity index (χ1) is 10.3. The van der Waals surface area contributed by atoms with Crippen LogP contribution in [-0.2, 0) is 0 Å². The standard InChI is InChI=1S/C18H17N3/c1-20(17-11-13-19-14-12-17)21-15-5-8-18(21)10-9-16-6-3-2-4-7-16/h2-15H,1H3/b10-9+. The van der Waals surface area contributed by atoms with Crippen LogP contribution in [0.25, 0.3) is 12.2 Å². The normalized spacial score (nSPS) is 10.9. The number of nitrogens with zero attached hydrogens (tertiary/aromatic N) is 3. The summed E-state index contributed by atoms with van der Waals surface area (Å²) >= 11 is 0. The number of hydrogen-bond donors (Lipinski definition) is 0. The number of anilines is 1. The van der Waals surface area contributed by atoms with Crippen LogP contribution in [0.2, 0.25) is 0 Å². The third kappa shape index (κ3) is 3.03. The van der Waals surface area contributed by atoms with E-state index in [0.717, 1.165) is 11.4 Å². The van der Waals surface area contributed by atoms with E-state index in [1.54, 1.807) is 12.4 Å². The second kappa shape index (κ2) is 6.09. The molecule has 21 heavy (non-hydrogen) atoms. The fourth-order valence-corrected chi connectivity index (χ4v) is 2.22. The molecule has 0 saturated heterocycles. The predicted molar refractivity (Wildman–Crippen MR) is 87.8 cm³/mol. The van der Waals surface area contributed by atoms with Gasteiger partial charge in [0.15, 0.2) is 0 Å². The molecule has 0 N–H and O–H groups in total. The van der Waals surface area contributed by atoms with Crippen LogP contribution >= 0.6 is 0 Å². The predicted octanol–water partition coefficient (Wildman–Crippen LogP) is 3.95. The van der Waals surface area contributed by atoms with Crippen LogP contribution in [0.4, 0.5) is 5.69 Å². The van der Waals surface area contributed by atoms with Crippen molar-refractivity contribution in [1.82, 2.24) is 9.66 Å². The van der Waals surface area contributed by atoms with E-state index in [0.29, 0.717) is 0 Å². The molecular weight excluding hydrogens is 258 g/mol. The Hall–Kier alpha value is -2.81. The van der Waals surface area contributed by atoms with Gasteiger partial charge in [-0.15, -0.1) is 0 Å². The smallest absolute Gasteiger partial charge is 0.0626 e. The summed E-state index contributed by atoms with van der Waals surface area (Å²) in [4.78, 5) is 4.06. The number of rotatable bonds is 4. The largest absolute Gasteiger partial charge is 0.284 e. The van der Waals surface area contributed by atoms with Gasteiger partial charge < -0.3 is 0 Å². The van der Waals surface area contributed by atoms with E-state index in [1.165, 1.54) is 5.56 Å². The van der Waals surface area contributed by atoms with Crippen molar-refractivity contribution in [3.05, 3.63) is 84.4 Å². The molecule has 0 atom stereocenters. The molecule has 3 nitrogen and oxygen atoms in total. The number of benzene rings is 1. The SMILES string of the molecule is CN(c1ccncc1)n1cccc1/C=C/c1ccccc1. The first-order valence-electron chi connectivity index (χ1n) is 6.89. The Morgan fingerprint density at radius 2 is 1.67 bits per heavy atom. The lowest BCUT2D eigenvalue weighted by Crippen LogP contribution is -2.24. The first-order valence-corrected chi connectivity index (χ1v) is 6.89. The Morgan fingerprint density at radius 3 is 2.43 bits per heavy atom. The zero-order chi connectivity index (χ0) is 14.5. The first kappa shape index (κ1) is 13.2. The van der Waals surface area contributed by atoms with Gasteiger partial charge in [-0.05, 0) is 35.9 Å². The third-order valence-electron chi connectivity index (χ3n) is 3.36. The molecule has 3 aromatic rings. The zero-order valence-electron chi connectivity index (χ0n) is 11.9. The highest BCUT2D eigenvalue weighted by Crippen LogP contribution is 2.16. The average molecular weight is 275 g/mol. The maximum atomic E-state index is 4.06. The molecule has 2 aromatic heterocycles. The van der Waals surface area contributed by atoms with Gasteiger partial charge in [-0.1, -0.05) is 36.4 Å². The lowest BCUT2D eigenvalue weighted by atomic mass is 10.2. The molecule has 3 heteroatoms. The van der Waals surface area contributed by atoms with Crippen LogP contribution in [0.1, 0.15) is 11.3 Å². The fourth-order valence-electron chi connectivity index (χ4n) is 2.22. The van der Waals surface area contributed by atoms with Crippen LogP contribution in [0.15, 0.2) is 73.2 Å². The van der Waals surface area contributed by atoms with Gasteiger partial charge in [0.25, 0.3) is 0 Å². The highest BCUT2D eigenvalue weighted by molar-refractivity contribution is 5.68. The van der Waals surface area contributed by atoms with Crippen LogP contribution < -0.4 is 5.01 Å². The maximum Gasteiger partial charge on any atom is 0.0626 e. The average Bonchev–Trinajstić information content (AvgIpc) is 3.02. The molecule has 0 spiro atoms. The summed E-state index contributed by atoms with van der Waals surface area (Å²) in [6, 6.07) is 18.4. The fraction of sp³-hybridized carbons (Fsp3) is 0.0556. The second-order valence-corrected chi connectivity index (χ2v) is 4.75. The lowest BCUT2D eigenvalue weighted by Gasteiger charge is -2.22. The molecule has 0 radical (unpaired) electrons. The molecule has 0 unspecified atom stereocenters. The Balaban J connectivity index is 1.86. The van der Waals surface area contributed by atoms with E-state index < -0.39 is 0 Å². The van der Waals surface area contributed by atoms with Crippen molar-refractivity contribution < 1.29 is 0 Å². The van der Waals surface area contributed by atoms with E-state index >= 15 is 0 Å². The molecule has 0 aliphatic carbocycles. The minimum atomic E-state index is 1.09. The van der Waals surface area contributed by atoms with Crippen molar-refractivity contribution in [3.63, 3.8) is 0 Å². The lowest BCUT2D eigenvalue weighted by molar-refractivity contribution is 0.772. The summed E-state index contributed by atoms with van der Waals surface area (Å²) in [5.41, 5.74) is 3.41. The van der Waals surface area contributed by atoms with E-state index in [1.807, 2.05) is 49.6 Å². The van der Waals surface area contributed by atoms with Crippen LogP contribution in [0.3, 0.4) is 0 Å². The summed E-state index contributed by atoms with van der Waals surface area (Å²) in [5, 5.41) is 2.09. The zero-order valence-corrected chi connectivity index (χ0v) is 11.9. The second-order valence-electron chi connectivity index (χ2n) is 4.75. The molecule has 104 valence electrons. The maximum absolute atomic E-state index is 4.06. The monoisotopic (exact) mass is 275 g/mol. The summed E-state index contributed by atoms with van der Waals surface area (Å²) in [6.45, 7) is 0. The quantitative estimate of drug-likeness (QED) is 0.718. The summed E-state index contributed by atoms with van der Waals surface area (Å²) in [6.07, 6.45) is 9.88. The van der Waals surface area contributed by atoms with Crippen molar-refractivity contribution in [2.75, 3.05) is 12.1 Å². The van der Waals surface area contributed by atoms with Crippen LogP contribution in [0, 0.1) is 0 Å². The highest BCUT2D eigenvalue weighted by Gasteiger charge is 2.04. The van der Waals surface area contributed by atoms with Crippen molar-refractivity contribution in [2.24, 2.45) is 0 Å². The molecule has 0 bridgehead atoms. The molecule has 0 aliphatic rings. The van der Waals surface area contributed by atoms with Gasteiger partial charge in [-0.2, -0.15) is 0 Å². The summed E-state index contributed by atoms with van der Waals surface area (Å²) < 4.78 is 2.11. The van der Waals surface area contributed by atoms with E-state index in [4.69, 9.17) is 0 Å². The van der Waals surface area contributed by atoms with Gasteiger partial charge in [0.05, 0.1) is 11.4 Å². The van der Waals surface area contributed by atoms with Gasteiger partial charge in [0, 0.05) is 25.6 Å². The molecule has 0 aliphatic heterocycles. The van der Waals surface area contributed by atoms with Gasteiger partial charge in [-0.3, -0.25) is 14.7 Å². The van der Waals surface area contributed by atoms with E-state index in [9.17, 15) is 0 Å². The van der Waals surface area contributed by atoms with Crippen molar-refractivity contribution in [2.45, 2.75) is 0 Å². The van der Waals surface area contributed by atoms with Gasteiger partial charge in [0.2, 0.25) is 0 Å².